The first-order valence-electron chi connectivity index (χ1n) is 10.1. The number of halogens is 5. The number of thiophene rings is 1. The van der Waals surface area contributed by atoms with E-state index in [2.05, 4.69) is 15.7 Å². The van der Waals surface area contributed by atoms with Crippen LogP contribution in [0.15, 0.2) is 12.3 Å². The number of aryl methyl sites for hydroxylation is 1. The first-order chi connectivity index (χ1) is 16.2. The van der Waals surface area contributed by atoms with E-state index >= 15 is 0 Å². The van der Waals surface area contributed by atoms with E-state index in [9.17, 15) is 26.7 Å². The van der Waals surface area contributed by atoms with E-state index in [4.69, 9.17) is 17.0 Å². The van der Waals surface area contributed by atoms with E-state index in [0.29, 0.717) is 10.6 Å². The zero-order chi connectivity index (χ0) is 24.6. The number of methoxy groups -OCH3 is 1. The number of thiocarbonyl (C=S) groups is 1. The molecule has 1 aliphatic rings. The predicted molar refractivity (Wildman–Crippen MR) is 120 cm³/mol. The quantitative estimate of drug-likeness (QED) is 0.161. The van der Waals surface area contributed by atoms with Crippen molar-refractivity contribution < 1.29 is 31.5 Å². The summed E-state index contributed by atoms with van der Waals surface area (Å²) in [6.45, 7) is -0.697. The second kappa shape index (κ2) is 9.66. The normalized spacial score (nSPS) is 12.9. The van der Waals surface area contributed by atoms with Gasteiger partial charge in [0.1, 0.15) is 5.00 Å². The molecule has 3 aromatic rings. The van der Waals surface area contributed by atoms with Crippen molar-refractivity contribution >= 4 is 45.5 Å². The summed E-state index contributed by atoms with van der Waals surface area (Å²) >= 11 is 6.70. The van der Waals surface area contributed by atoms with Crippen LogP contribution in [0.3, 0.4) is 0 Å². The molecule has 0 bridgehead atoms. The number of fused-ring (bicyclic) bond motifs is 1. The summed E-state index contributed by atoms with van der Waals surface area (Å²) in [6, 6.07) is 1.40. The van der Waals surface area contributed by atoms with Crippen molar-refractivity contribution in [2.24, 2.45) is 0 Å². The van der Waals surface area contributed by atoms with Crippen LogP contribution in [-0.2, 0) is 24.1 Å². The second-order valence-corrected chi connectivity index (χ2v) is 8.95. The van der Waals surface area contributed by atoms with Crippen molar-refractivity contribution in [1.82, 2.24) is 9.78 Å². The monoisotopic (exact) mass is 516 g/mol. The lowest BCUT2D eigenvalue weighted by atomic mass is 9.95. The molecule has 0 amide bonds. The highest BCUT2D eigenvalue weighted by atomic mass is 32.1. The number of nitrogens with one attached hydrogen (secondary N) is 2. The third kappa shape index (κ3) is 4.49. The number of anilines is 2. The van der Waals surface area contributed by atoms with Gasteiger partial charge in [0, 0.05) is 17.1 Å². The third-order valence-electron chi connectivity index (χ3n) is 5.29. The van der Waals surface area contributed by atoms with Crippen molar-refractivity contribution in [2.45, 2.75) is 32.2 Å². The molecule has 180 valence electrons. The number of hydrogen-bond donors (Lipinski definition) is 2. The van der Waals surface area contributed by atoms with Crippen LogP contribution in [0.1, 0.15) is 39.2 Å². The van der Waals surface area contributed by atoms with Gasteiger partial charge in [-0.1, -0.05) is 0 Å². The molecule has 2 aromatic heterocycles. The van der Waals surface area contributed by atoms with Gasteiger partial charge in [-0.2, -0.15) is 5.10 Å². The Balaban J connectivity index is 1.49. The highest BCUT2D eigenvalue weighted by Gasteiger charge is 2.27. The van der Waals surface area contributed by atoms with Crippen LogP contribution in [0.2, 0.25) is 0 Å². The zero-order valence-corrected chi connectivity index (χ0v) is 19.2. The molecule has 0 unspecified atom stereocenters. The fourth-order valence-electron chi connectivity index (χ4n) is 3.69. The fraction of sp³-hybridized carbons (Fsp3) is 0.286. The van der Waals surface area contributed by atoms with E-state index in [1.807, 2.05) is 0 Å². The molecule has 1 aromatic carbocycles. The Kier molecular flexibility index (Phi) is 6.84. The Morgan fingerprint density at radius 3 is 2.41 bits per heavy atom. The van der Waals surface area contributed by atoms with E-state index in [1.54, 1.807) is 0 Å². The molecule has 13 heteroatoms. The maximum atomic E-state index is 13.9. The number of ether oxygens (including phenoxy) is 1. The highest BCUT2D eigenvalue weighted by Crippen LogP contribution is 2.38. The molecule has 0 fully saturated rings. The molecule has 0 aliphatic heterocycles. The fourth-order valence-corrected chi connectivity index (χ4v) is 5.24. The summed E-state index contributed by atoms with van der Waals surface area (Å²) in [6.07, 6.45) is 4.90. The van der Waals surface area contributed by atoms with Gasteiger partial charge in [-0.25, -0.2) is 26.7 Å². The van der Waals surface area contributed by atoms with E-state index in [0.717, 1.165) is 40.8 Å². The highest BCUT2D eigenvalue weighted by molar-refractivity contribution is 7.80. The molecule has 4 rings (SSSR count). The average molecular weight is 517 g/mol. The number of rotatable bonds is 5. The molecule has 0 radical (unpaired) electrons. The Labute approximate surface area is 199 Å². The van der Waals surface area contributed by atoms with Crippen LogP contribution < -0.4 is 10.6 Å². The van der Waals surface area contributed by atoms with Crippen molar-refractivity contribution in [3.05, 3.63) is 62.9 Å². The number of nitrogens with zero attached hydrogens (tertiary/aromatic N) is 2. The number of carbonyl (C=O) groups is 1. The number of benzene rings is 1. The van der Waals surface area contributed by atoms with Crippen molar-refractivity contribution in [3.8, 4) is 0 Å². The Hall–Kier alpha value is -3.06. The first kappa shape index (κ1) is 24.1. The summed E-state index contributed by atoms with van der Waals surface area (Å²) in [7, 11) is 1.30. The first-order valence-corrected chi connectivity index (χ1v) is 11.3. The van der Waals surface area contributed by atoms with Gasteiger partial charge in [0.05, 0.1) is 24.8 Å². The van der Waals surface area contributed by atoms with Gasteiger partial charge in [-0.05, 0) is 43.5 Å². The van der Waals surface area contributed by atoms with E-state index in [1.165, 1.54) is 30.7 Å². The third-order valence-corrected chi connectivity index (χ3v) is 6.70. The Bertz CT molecular complexity index is 1260. The SMILES string of the molecule is COC(=O)c1c(NC(=S)Nc2ccn(Cc3c(F)c(F)c(F)c(F)c3F)n2)sc2c1CCCC2. The van der Waals surface area contributed by atoms with Crippen molar-refractivity contribution in [3.63, 3.8) is 0 Å². The molecule has 2 N–H and O–H groups in total. The van der Waals surface area contributed by atoms with Gasteiger partial charge in [0.2, 0.25) is 5.82 Å². The molecule has 0 spiro atoms. The van der Waals surface area contributed by atoms with Crippen LogP contribution in [0.4, 0.5) is 32.8 Å². The number of aromatic nitrogens is 2. The lowest BCUT2D eigenvalue weighted by molar-refractivity contribution is 0.0601. The molecular weight excluding hydrogens is 499 g/mol. The maximum Gasteiger partial charge on any atom is 0.341 e. The van der Waals surface area contributed by atoms with Crippen molar-refractivity contribution in [1.29, 1.82) is 0 Å². The van der Waals surface area contributed by atoms with Gasteiger partial charge in [0.15, 0.2) is 34.2 Å². The average Bonchev–Trinajstić information content (AvgIpc) is 3.42. The minimum atomic E-state index is -2.22. The van der Waals surface area contributed by atoms with Crippen LogP contribution in [0.5, 0.6) is 0 Å². The van der Waals surface area contributed by atoms with Crippen LogP contribution >= 0.6 is 23.6 Å². The topological polar surface area (TPSA) is 68.2 Å². The largest absolute Gasteiger partial charge is 0.465 e. The minimum absolute atomic E-state index is 0.0882. The summed E-state index contributed by atoms with van der Waals surface area (Å²) in [4.78, 5) is 13.4. The summed E-state index contributed by atoms with van der Waals surface area (Å²) in [5.41, 5.74) is 0.363. The molecule has 1 aliphatic carbocycles. The van der Waals surface area contributed by atoms with Gasteiger partial charge < -0.3 is 15.4 Å². The van der Waals surface area contributed by atoms with Crippen molar-refractivity contribution in [2.75, 3.05) is 17.7 Å². The number of esters is 1. The van der Waals surface area contributed by atoms with E-state index < -0.39 is 47.2 Å². The zero-order valence-electron chi connectivity index (χ0n) is 17.6. The smallest absolute Gasteiger partial charge is 0.341 e. The maximum absolute atomic E-state index is 13.9. The standard InChI is InChI=1S/C21H17F5N4O2S2/c1-32-20(31)13-9-4-2-3-5-11(9)34-19(13)28-21(33)27-12-6-7-30(29-12)8-10-14(22)16(24)18(26)17(25)15(10)23/h6-7H,2-5,8H2,1H3,(H2,27,28,29,33). The molecule has 6 nitrogen and oxygen atoms in total. The Morgan fingerprint density at radius 2 is 1.74 bits per heavy atom. The van der Waals surface area contributed by atoms with Crippen LogP contribution in [0.25, 0.3) is 0 Å². The second-order valence-electron chi connectivity index (χ2n) is 7.43. The van der Waals surface area contributed by atoms with Crippen LogP contribution in [-0.4, -0.2) is 28.0 Å². The molecule has 0 atom stereocenters. The molecule has 2 heterocycles. The molecule has 34 heavy (non-hydrogen) atoms. The van der Waals surface area contributed by atoms with Crippen LogP contribution in [0, 0.1) is 29.1 Å². The summed E-state index contributed by atoms with van der Waals surface area (Å²) in [5, 5.41) is 10.3. The van der Waals surface area contributed by atoms with Gasteiger partial charge in [0.25, 0.3) is 0 Å². The Morgan fingerprint density at radius 1 is 1.09 bits per heavy atom. The number of carbonyl (C=O) groups excluding carboxylic acids is 1. The van der Waals surface area contributed by atoms with E-state index in [-0.39, 0.29) is 10.9 Å². The molecular formula is C21H17F5N4O2S2. The number of hydrogen-bond acceptors (Lipinski definition) is 5. The van der Waals surface area contributed by atoms with Gasteiger partial charge >= 0.3 is 5.97 Å². The van der Waals surface area contributed by atoms with Gasteiger partial charge in [-0.15, -0.1) is 11.3 Å². The molecule has 0 saturated heterocycles. The summed E-state index contributed by atoms with van der Waals surface area (Å²) in [5.74, 6) is -10.4. The minimum Gasteiger partial charge on any atom is -0.465 e. The predicted octanol–water partition coefficient (Wildman–Crippen LogP) is 5.16. The molecule has 0 saturated carbocycles. The van der Waals surface area contributed by atoms with Gasteiger partial charge in [-0.3, -0.25) is 4.68 Å². The lowest BCUT2D eigenvalue weighted by Gasteiger charge is -2.12. The lowest BCUT2D eigenvalue weighted by Crippen LogP contribution is -2.21. The summed E-state index contributed by atoms with van der Waals surface area (Å²) < 4.78 is 73.9.